The molecule has 12 heteroatoms. The highest BCUT2D eigenvalue weighted by atomic mass is 16.7. The van der Waals surface area contributed by atoms with Gasteiger partial charge in [-0.2, -0.15) is 5.11 Å². The number of hydrogen-bond acceptors (Lipinski definition) is 10. The van der Waals surface area contributed by atoms with Crippen molar-refractivity contribution < 1.29 is 33.5 Å². The minimum absolute atomic E-state index is 0.0388. The molecule has 162 valence electrons. The maximum atomic E-state index is 12.3. The van der Waals surface area contributed by atoms with E-state index >= 15 is 0 Å². The Morgan fingerprint density at radius 2 is 2.00 bits per heavy atom. The maximum Gasteiger partial charge on any atom is 0.378 e. The van der Waals surface area contributed by atoms with Gasteiger partial charge in [-0.3, -0.25) is 4.79 Å². The molecule has 0 atom stereocenters. The number of aromatic nitrogens is 2. The highest BCUT2D eigenvalue weighted by Crippen LogP contribution is 2.24. The van der Waals surface area contributed by atoms with Crippen LogP contribution in [0.3, 0.4) is 0 Å². The monoisotopic (exact) mass is 436 g/mol. The molecule has 1 aliphatic heterocycles. The molecule has 1 saturated heterocycles. The second-order valence-electron chi connectivity index (χ2n) is 6.29. The summed E-state index contributed by atoms with van der Waals surface area (Å²) in [7, 11) is 0. The predicted molar refractivity (Wildman–Crippen MR) is 104 cm³/mol. The molecule has 0 saturated carbocycles. The molecule has 1 aromatic heterocycles. The highest BCUT2D eigenvalue weighted by Gasteiger charge is 2.29. The van der Waals surface area contributed by atoms with E-state index in [1.54, 1.807) is 36.4 Å². The molecule has 2 heterocycles. The first-order chi connectivity index (χ1) is 15.5. The van der Waals surface area contributed by atoms with Crippen molar-refractivity contribution in [2.24, 2.45) is 10.2 Å². The van der Waals surface area contributed by atoms with E-state index in [4.69, 9.17) is 9.57 Å². The van der Waals surface area contributed by atoms with Gasteiger partial charge in [0.05, 0.1) is 23.8 Å². The van der Waals surface area contributed by atoms with Crippen molar-refractivity contribution in [1.29, 1.82) is 0 Å². The van der Waals surface area contributed by atoms with E-state index in [2.05, 4.69) is 25.6 Å². The minimum Gasteiger partial charge on any atom is -0.539 e. The Hall–Kier alpha value is -4.58. The van der Waals surface area contributed by atoms with Crippen LogP contribution in [-0.4, -0.2) is 23.8 Å². The van der Waals surface area contributed by atoms with Crippen LogP contribution in [0.25, 0.3) is 5.69 Å². The molecule has 1 amide bonds. The van der Waals surface area contributed by atoms with E-state index in [1.807, 2.05) is 6.92 Å². The third-order valence-corrected chi connectivity index (χ3v) is 4.24. The molecule has 1 fully saturated rings. The Morgan fingerprint density at radius 1 is 1.25 bits per heavy atom. The summed E-state index contributed by atoms with van der Waals surface area (Å²) in [5.41, 5.74) is 3.87. The summed E-state index contributed by atoms with van der Waals surface area (Å²) in [6.45, 7) is 2.41. The van der Waals surface area contributed by atoms with E-state index in [9.17, 15) is 14.7 Å². The molecule has 0 spiro atoms. The highest BCUT2D eigenvalue weighted by molar-refractivity contribution is 5.95. The molecule has 0 unspecified atom stereocenters. The number of anilines is 1. The maximum absolute atomic E-state index is 12.3. The molecule has 0 bridgehead atoms. The van der Waals surface area contributed by atoms with Crippen molar-refractivity contribution in [3.8, 4) is 17.4 Å². The quantitative estimate of drug-likeness (QED) is 0.343. The van der Waals surface area contributed by atoms with Crippen molar-refractivity contribution >= 4 is 17.6 Å². The normalized spacial score (nSPS) is 14.8. The zero-order valence-electron chi connectivity index (χ0n) is 16.7. The molecule has 12 nitrogen and oxygen atoms in total. The second-order valence-corrected chi connectivity index (χ2v) is 6.29. The summed E-state index contributed by atoms with van der Waals surface area (Å²) in [6.07, 6.45) is 2.28. The third kappa shape index (κ3) is 4.44. The Kier molecular flexibility index (Phi) is 5.85. The van der Waals surface area contributed by atoms with Gasteiger partial charge in [-0.15, -0.1) is 5.11 Å². The molecule has 1 N–H and O–H groups in total. The molecular weight excluding hydrogens is 420 g/mol. The number of nitrogens with zero attached hydrogens (tertiary/aromatic N) is 5. The van der Waals surface area contributed by atoms with Crippen LogP contribution in [0.15, 0.2) is 81.4 Å². The number of amides is 1. The summed E-state index contributed by atoms with van der Waals surface area (Å²) in [5.74, 6) is -1.22. The minimum atomic E-state index is -0.683. The zero-order chi connectivity index (χ0) is 22.5. The molecule has 1 aliphatic rings. The summed E-state index contributed by atoms with van der Waals surface area (Å²) in [4.78, 5) is 29.1. The van der Waals surface area contributed by atoms with Gasteiger partial charge in [0.25, 0.3) is 5.91 Å². The predicted octanol–water partition coefficient (Wildman–Crippen LogP) is 1.34. The average molecular weight is 436 g/mol. The van der Waals surface area contributed by atoms with E-state index in [-0.39, 0.29) is 11.3 Å². The Labute approximate surface area is 180 Å². The summed E-state index contributed by atoms with van der Waals surface area (Å²) in [6, 6.07) is 13.0. The number of rotatable bonds is 6. The van der Waals surface area contributed by atoms with Gasteiger partial charge in [0, 0.05) is 17.7 Å². The lowest BCUT2D eigenvalue weighted by Gasteiger charge is -2.15. The van der Waals surface area contributed by atoms with Crippen molar-refractivity contribution in [3.63, 3.8) is 0 Å². The van der Waals surface area contributed by atoms with Crippen molar-refractivity contribution in [2.45, 2.75) is 6.92 Å². The summed E-state index contributed by atoms with van der Waals surface area (Å²) >= 11 is 0. The molecule has 4 rings (SSSR count). The third-order valence-electron chi connectivity index (χ3n) is 4.24. The molecule has 2 aromatic carbocycles. The van der Waals surface area contributed by atoms with Crippen LogP contribution < -0.4 is 25.1 Å². The molecule has 0 radical (unpaired) electrons. The molecular formula is C20H16N6O6. The van der Waals surface area contributed by atoms with Crippen LogP contribution in [0, 0.1) is 0 Å². The van der Waals surface area contributed by atoms with Gasteiger partial charge < -0.3 is 19.2 Å². The van der Waals surface area contributed by atoms with Crippen LogP contribution in [0.2, 0.25) is 0 Å². The van der Waals surface area contributed by atoms with E-state index in [0.717, 1.165) is 12.4 Å². The first-order valence-electron chi connectivity index (χ1n) is 9.36. The second kappa shape index (κ2) is 9.06. The van der Waals surface area contributed by atoms with Crippen LogP contribution in [0.1, 0.15) is 17.3 Å². The Bertz CT molecular complexity index is 1190. The number of hydrazine groups is 1. The number of azo groups is 1. The summed E-state index contributed by atoms with van der Waals surface area (Å²) < 4.78 is 11.1. The van der Waals surface area contributed by atoms with Gasteiger partial charge in [-0.05, 0) is 48.0 Å². The summed E-state index contributed by atoms with van der Waals surface area (Å²) in [5, 5.41) is 23.3. The standard InChI is InChI=1S/C20H16N6O6/c1-2-30-16-9-7-15(8-10-16)26-17(20(29)32-24-26)11-21-22-19(28)13-3-5-14(6-4-13)25-12-18(27)31-23-25/h3-12,24H,2H2,1H3/b17-11-,22-21?. The van der Waals surface area contributed by atoms with Gasteiger partial charge in [-0.25, -0.2) is 9.80 Å². The lowest BCUT2D eigenvalue weighted by atomic mass is 10.2. The Morgan fingerprint density at radius 3 is 2.66 bits per heavy atom. The van der Waals surface area contributed by atoms with Crippen molar-refractivity contribution in [3.05, 3.63) is 72.2 Å². The fraction of sp³-hybridized carbons (Fsp3) is 0.100. The van der Waals surface area contributed by atoms with Gasteiger partial charge in [0.15, 0.2) is 5.70 Å². The lowest BCUT2D eigenvalue weighted by Crippen LogP contribution is -2.31. The largest absolute Gasteiger partial charge is 0.539 e. The van der Waals surface area contributed by atoms with E-state index < -0.39 is 17.8 Å². The van der Waals surface area contributed by atoms with Gasteiger partial charge in [0.1, 0.15) is 11.7 Å². The average Bonchev–Trinajstić information content (AvgIpc) is 3.40. The zero-order valence-corrected chi connectivity index (χ0v) is 16.7. The Balaban J connectivity index is 1.46. The van der Waals surface area contributed by atoms with Gasteiger partial charge in [0.2, 0.25) is 11.9 Å². The van der Waals surface area contributed by atoms with Crippen LogP contribution in [0.5, 0.6) is 11.7 Å². The number of hydrogen-bond donors (Lipinski definition) is 1. The number of ether oxygens (including phenoxy) is 1. The van der Waals surface area contributed by atoms with Gasteiger partial charge >= 0.3 is 5.97 Å². The van der Waals surface area contributed by atoms with E-state index in [1.165, 1.54) is 21.8 Å². The van der Waals surface area contributed by atoms with E-state index in [0.29, 0.717) is 23.7 Å². The number of nitrogens with one attached hydrogen (secondary N) is 1. The smallest absolute Gasteiger partial charge is 0.378 e. The molecule has 32 heavy (non-hydrogen) atoms. The molecule has 0 aliphatic carbocycles. The SMILES string of the molecule is CCOc1ccc(N2NOC(=O)/C2=C/N=NC(=O)c2ccc(-[n+]3cc([O-])on3)cc2)cc1. The number of benzene rings is 2. The lowest BCUT2D eigenvalue weighted by molar-refractivity contribution is -0.670. The molecule has 3 aromatic rings. The first-order valence-corrected chi connectivity index (χ1v) is 9.36. The van der Waals surface area contributed by atoms with Crippen LogP contribution >= 0.6 is 0 Å². The number of carbonyl (C=O) groups is 2. The first kappa shape index (κ1) is 20.7. The van der Waals surface area contributed by atoms with Crippen LogP contribution in [0.4, 0.5) is 5.69 Å². The van der Waals surface area contributed by atoms with Crippen LogP contribution in [-0.2, 0) is 9.63 Å². The number of carbonyl (C=O) groups excluding carboxylic acids is 2. The fourth-order valence-electron chi connectivity index (χ4n) is 2.74. The van der Waals surface area contributed by atoms with Crippen molar-refractivity contribution in [2.75, 3.05) is 11.6 Å². The van der Waals surface area contributed by atoms with Gasteiger partial charge in [-0.1, -0.05) is 5.59 Å². The fourth-order valence-corrected chi connectivity index (χ4v) is 2.74. The van der Waals surface area contributed by atoms with Crippen molar-refractivity contribution in [1.82, 2.24) is 10.9 Å². The topological polar surface area (TPSA) is 146 Å².